The second kappa shape index (κ2) is 5.46. The molecule has 5 heteroatoms. The van der Waals surface area contributed by atoms with E-state index in [0.29, 0.717) is 5.56 Å². The zero-order valence-electron chi connectivity index (χ0n) is 8.81. The minimum atomic E-state index is -1.08. The van der Waals surface area contributed by atoms with E-state index in [1.807, 2.05) is 0 Å². The molecule has 0 spiro atoms. The Balaban J connectivity index is 3.01. The summed E-state index contributed by atoms with van der Waals surface area (Å²) in [4.78, 5) is 10.9. The van der Waals surface area contributed by atoms with Crippen molar-refractivity contribution in [2.45, 2.75) is 12.3 Å². The maximum Gasteiger partial charge on any atom is 0.311 e. The summed E-state index contributed by atoms with van der Waals surface area (Å²) in [7, 11) is 1.33. The standard InChI is InChI=1S/C11H13FO4/c1-16-10-3-2-7(6-9(10)12)8(4-5-13)11(14)15/h2-3,6,8,13H,4-5H2,1H3,(H,14,15). The number of aliphatic hydroxyl groups is 1. The van der Waals surface area contributed by atoms with Gasteiger partial charge in [0.1, 0.15) is 0 Å². The zero-order chi connectivity index (χ0) is 12.1. The van der Waals surface area contributed by atoms with Crippen LogP contribution < -0.4 is 4.74 Å². The summed E-state index contributed by atoms with van der Waals surface area (Å²) in [6.45, 7) is -0.259. The van der Waals surface area contributed by atoms with Gasteiger partial charge in [-0.05, 0) is 24.1 Å². The summed E-state index contributed by atoms with van der Waals surface area (Å²) in [6.07, 6.45) is 0.0566. The first-order chi connectivity index (χ1) is 7.60. The number of rotatable bonds is 5. The molecule has 0 radical (unpaired) electrons. The molecule has 16 heavy (non-hydrogen) atoms. The lowest BCUT2D eigenvalue weighted by atomic mass is 9.96. The van der Waals surface area contributed by atoms with Gasteiger partial charge in [-0.25, -0.2) is 4.39 Å². The molecule has 1 aromatic carbocycles. The molecule has 0 aliphatic carbocycles. The van der Waals surface area contributed by atoms with E-state index in [1.54, 1.807) is 0 Å². The number of ether oxygens (including phenoxy) is 1. The number of aliphatic hydroxyl groups excluding tert-OH is 1. The highest BCUT2D eigenvalue weighted by Gasteiger charge is 2.20. The summed E-state index contributed by atoms with van der Waals surface area (Å²) in [6, 6.07) is 3.97. The van der Waals surface area contributed by atoms with Gasteiger partial charge in [0.15, 0.2) is 11.6 Å². The van der Waals surface area contributed by atoms with Gasteiger partial charge in [-0.3, -0.25) is 4.79 Å². The van der Waals surface area contributed by atoms with Gasteiger partial charge in [-0.15, -0.1) is 0 Å². The van der Waals surface area contributed by atoms with E-state index in [0.717, 1.165) is 6.07 Å². The van der Waals surface area contributed by atoms with Crippen LogP contribution in [0.4, 0.5) is 4.39 Å². The van der Waals surface area contributed by atoms with Crippen molar-refractivity contribution in [2.24, 2.45) is 0 Å². The van der Waals surface area contributed by atoms with Crippen LogP contribution in [0.3, 0.4) is 0 Å². The lowest BCUT2D eigenvalue weighted by molar-refractivity contribution is -0.139. The van der Waals surface area contributed by atoms with E-state index >= 15 is 0 Å². The Hall–Kier alpha value is -1.62. The molecule has 0 aromatic heterocycles. The van der Waals surface area contributed by atoms with Crippen LogP contribution in [0.2, 0.25) is 0 Å². The molecule has 88 valence electrons. The predicted octanol–water partition coefficient (Wildman–Crippen LogP) is 1.38. The van der Waals surface area contributed by atoms with Crippen LogP contribution in [0.25, 0.3) is 0 Å². The largest absolute Gasteiger partial charge is 0.494 e. The van der Waals surface area contributed by atoms with Gasteiger partial charge >= 0.3 is 5.97 Å². The first-order valence-corrected chi connectivity index (χ1v) is 4.77. The van der Waals surface area contributed by atoms with Crippen LogP contribution in [0.15, 0.2) is 18.2 Å². The zero-order valence-corrected chi connectivity index (χ0v) is 8.81. The Morgan fingerprint density at radius 3 is 2.69 bits per heavy atom. The molecule has 0 fully saturated rings. The van der Waals surface area contributed by atoms with E-state index < -0.39 is 17.7 Å². The van der Waals surface area contributed by atoms with Gasteiger partial charge in [0, 0.05) is 6.61 Å². The smallest absolute Gasteiger partial charge is 0.311 e. The molecule has 4 nitrogen and oxygen atoms in total. The molecule has 1 atom stereocenters. The van der Waals surface area contributed by atoms with Crippen LogP contribution in [0.1, 0.15) is 17.9 Å². The summed E-state index contributed by atoms with van der Waals surface area (Å²) in [5, 5.41) is 17.6. The minimum Gasteiger partial charge on any atom is -0.494 e. The second-order valence-corrected chi connectivity index (χ2v) is 3.30. The third kappa shape index (κ3) is 2.70. The molecule has 1 unspecified atom stereocenters. The quantitative estimate of drug-likeness (QED) is 0.799. The van der Waals surface area contributed by atoms with Crippen molar-refractivity contribution >= 4 is 5.97 Å². The number of carbonyl (C=O) groups is 1. The highest BCUT2D eigenvalue weighted by molar-refractivity contribution is 5.76. The van der Waals surface area contributed by atoms with E-state index in [-0.39, 0.29) is 18.8 Å². The number of aliphatic carboxylic acids is 1. The second-order valence-electron chi connectivity index (χ2n) is 3.30. The van der Waals surface area contributed by atoms with Crippen molar-refractivity contribution in [1.29, 1.82) is 0 Å². The summed E-state index contributed by atoms with van der Waals surface area (Å²) in [5.74, 6) is -2.52. The molecule has 0 aliphatic rings. The first kappa shape index (κ1) is 12.4. The lowest BCUT2D eigenvalue weighted by Crippen LogP contribution is -2.13. The minimum absolute atomic E-state index is 0.0566. The third-order valence-electron chi connectivity index (χ3n) is 2.29. The van der Waals surface area contributed by atoms with Crippen LogP contribution in [0, 0.1) is 5.82 Å². The third-order valence-corrected chi connectivity index (χ3v) is 2.29. The Bertz CT molecular complexity index is 378. The molecule has 0 bridgehead atoms. The molecular formula is C11H13FO4. The van der Waals surface area contributed by atoms with Crippen molar-refractivity contribution in [3.63, 3.8) is 0 Å². The van der Waals surface area contributed by atoms with Crippen molar-refractivity contribution < 1.29 is 24.1 Å². The normalized spacial score (nSPS) is 12.2. The van der Waals surface area contributed by atoms with Crippen molar-refractivity contribution in [2.75, 3.05) is 13.7 Å². The Morgan fingerprint density at radius 1 is 1.56 bits per heavy atom. The lowest BCUT2D eigenvalue weighted by Gasteiger charge is -2.12. The van der Waals surface area contributed by atoms with E-state index in [2.05, 4.69) is 0 Å². The van der Waals surface area contributed by atoms with Crippen molar-refractivity contribution in [3.05, 3.63) is 29.6 Å². The van der Waals surface area contributed by atoms with E-state index in [9.17, 15) is 9.18 Å². The van der Waals surface area contributed by atoms with Gasteiger partial charge in [0.2, 0.25) is 0 Å². The number of hydrogen-bond donors (Lipinski definition) is 2. The van der Waals surface area contributed by atoms with E-state index in [4.69, 9.17) is 14.9 Å². The molecule has 1 aromatic rings. The number of carboxylic acids is 1. The monoisotopic (exact) mass is 228 g/mol. The number of methoxy groups -OCH3 is 1. The Labute approximate surface area is 92.3 Å². The van der Waals surface area contributed by atoms with Crippen LogP contribution in [0.5, 0.6) is 5.75 Å². The van der Waals surface area contributed by atoms with Crippen LogP contribution in [-0.2, 0) is 4.79 Å². The molecule has 0 heterocycles. The fourth-order valence-corrected chi connectivity index (χ4v) is 1.46. The average molecular weight is 228 g/mol. The molecule has 1 rings (SSSR count). The van der Waals surface area contributed by atoms with Gasteiger partial charge in [0.05, 0.1) is 13.0 Å². The highest BCUT2D eigenvalue weighted by Crippen LogP contribution is 2.25. The summed E-state index contributed by atoms with van der Waals surface area (Å²) < 4.78 is 18.1. The van der Waals surface area contributed by atoms with Crippen molar-refractivity contribution in [3.8, 4) is 5.75 Å². The molecule has 2 N–H and O–H groups in total. The Kier molecular flexibility index (Phi) is 4.25. The fourth-order valence-electron chi connectivity index (χ4n) is 1.46. The van der Waals surface area contributed by atoms with Gasteiger partial charge in [-0.2, -0.15) is 0 Å². The number of carboxylic acid groups (broad SMARTS) is 1. The topological polar surface area (TPSA) is 66.8 Å². The first-order valence-electron chi connectivity index (χ1n) is 4.77. The maximum atomic E-state index is 13.3. The number of benzene rings is 1. The molecular weight excluding hydrogens is 215 g/mol. The van der Waals surface area contributed by atoms with Gasteiger partial charge < -0.3 is 14.9 Å². The molecule has 0 saturated heterocycles. The van der Waals surface area contributed by atoms with Gasteiger partial charge in [0.25, 0.3) is 0 Å². The van der Waals surface area contributed by atoms with Crippen LogP contribution in [-0.4, -0.2) is 29.9 Å². The molecule has 0 saturated carbocycles. The Morgan fingerprint density at radius 2 is 2.25 bits per heavy atom. The number of halogens is 1. The summed E-state index contributed by atoms with van der Waals surface area (Å²) >= 11 is 0. The van der Waals surface area contributed by atoms with E-state index in [1.165, 1.54) is 19.2 Å². The summed E-state index contributed by atoms with van der Waals surface area (Å²) in [5.41, 5.74) is 0.319. The average Bonchev–Trinajstić information content (AvgIpc) is 2.25. The van der Waals surface area contributed by atoms with Crippen LogP contribution >= 0.6 is 0 Å². The molecule has 0 amide bonds. The SMILES string of the molecule is COc1ccc(C(CCO)C(=O)O)cc1F. The fraction of sp³-hybridized carbons (Fsp3) is 0.364. The predicted molar refractivity (Wildman–Crippen MR) is 55.0 cm³/mol. The highest BCUT2D eigenvalue weighted by atomic mass is 19.1. The van der Waals surface area contributed by atoms with Gasteiger partial charge in [-0.1, -0.05) is 6.07 Å². The maximum absolute atomic E-state index is 13.3. The van der Waals surface area contributed by atoms with Crippen molar-refractivity contribution in [1.82, 2.24) is 0 Å². The molecule has 0 aliphatic heterocycles. The number of hydrogen-bond acceptors (Lipinski definition) is 3.